The lowest BCUT2D eigenvalue weighted by Gasteiger charge is -2.39. The number of hydrogen-bond acceptors (Lipinski definition) is 3. The largest absolute Gasteiger partial charge is 0.392 e. The van der Waals surface area contributed by atoms with E-state index in [4.69, 9.17) is 23.2 Å². The maximum Gasteiger partial charge on any atom is 0.227 e. The summed E-state index contributed by atoms with van der Waals surface area (Å²) < 4.78 is 0. The number of rotatable bonds is 4. The summed E-state index contributed by atoms with van der Waals surface area (Å²) in [5.41, 5.74) is 3.40. The molecule has 2 aliphatic rings. The van der Waals surface area contributed by atoms with Gasteiger partial charge in [0.25, 0.3) is 0 Å². The number of likely N-dealkylation sites (tertiary alicyclic amines) is 1. The number of aliphatic hydroxyl groups is 1. The topological polar surface area (TPSA) is 43.8 Å². The molecule has 148 valence electrons. The van der Waals surface area contributed by atoms with Gasteiger partial charge in [-0.2, -0.15) is 0 Å². The molecule has 1 fully saturated rings. The Hall–Kier alpha value is -1.59. The first kappa shape index (κ1) is 19.7. The van der Waals surface area contributed by atoms with Gasteiger partial charge in [-0.15, -0.1) is 0 Å². The molecule has 0 bridgehead atoms. The summed E-state index contributed by atoms with van der Waals surface area (Å²) in [6, 6.07) is 13.8. The summed E-state index contributed by atoms with van der Waals surface area (Å²) in [6.45, 7) is 3.00. The molecule has 2 unspecified atom stereocenters. The lowest BCUT2D eigenvalue weighted by molar-refractivity contribution is -0.133. The van der Waals surface area contributed by atoms with Crippen LogP contribution >= 0.6 is 23.2 Å². The van der Waals surface area contributed by atoms with Crippen molar-refractivity contribution in [1.82, 2.24) is 9.80 Å². The fraction of sp³-hybridized carbons (Fsp3) is 0.409. The molecule has 2 aromatic carbocycles. The molecule has 0 aromatic heterocycles. The van der Waals surface area contributed by atoms with E-state index in [0.29, 0.717) is 29.6 Å². The quantitative estimate of drug-likeness (QED) is 0.822. The van der Waals surface area contributed by atoms with Crippen molar-refractivity contribution in [2.75, 3.05) is 26.2 Å². The normalized spacial score (nSPS) is 22.3. The molecule has 0 saturated carbocycles. The molecule has 1 N–H and O–H groups in total. The average Bonchev–Trinajstić information content (AvgIpc) is 3.09. The van der Waals surface area contributed by atoms with Crippen LogP contribution in [0.15, 0.2) is 42.5 Å². The van der Waals surface area contributed by atoms with E-state index in [-0.39, 0.29) is 18.1 Å². The number of hydrogen-bond donors (Lipinski definition) is 1. The number of β-amino-alcohol motifs (C(OH)–C–C–N with tert-alkyl or cyclic N) is 1. The van der Waals surface area contributed by atoms with Gasteiger partial charge in [0.2, 0.25) is 5.91 Å². The van der Waals surface area contributed by atoms with Crippen molar-refractivity contribution in [3.05, 3.63) is 69.2 Å². The molecule has 2 aliphatic heterocycles. The molecular weight excluding hydrogens is 395 g/mol. The van der Waals surface area contributed by atoms with Gasteiger partial charge in [0.05, 0.1) is 28.6 Å². The van der Waals surface area contributed by atoms with Crippen LogP contribution < -0.4 is 0 Å². The summed E-state index contributed by atoms with van der Waals surface area (Å²) >= 11 is 12.1. The summed E-state index contributed by atoms with van der Waals surface area (Å²) in [6.07, 6.45) is 1.70. The molecular formula is C22H24Cl2N2O2. The highest BCUT2D eigenvalue weighted by Gasteiger charge is 2.33. The van der Waals surface area contributed by atoms with Crippen LogP contribution in [-0.2, 0) is 17.6 Å². The fourth-order valence-corrected chi connectivity index (χ4v) is 4.62. The SMILES string of the molecule is O=C(Cc1ccc(Cl)c(Cl)c1)N1CCc2ccccc2C1CN1CCC(O)C1. The third-order valence-corrected chi connectivity index (χ3v) is 6.49. The third-order valence-electron chi connectivity index (χ3n) is 5.75. The number of amides is 1. The van der Waals surface area contributed by atoms with E-state index in [9.17, 15) is 9.90 Å². The van der Waals surface area contributed by atoms with Crippen LogP contribution in [0.3, 0.4) is 0 Å². The van der Waals surface area contributed by atoms with Gasteiger partial charge in [0, 0.05) is 26.2 Å². The van der Waals surface area contributed by atoms with Gasteiger partial charge in [-0.3, -0.25) is 9.69 Å². The van der Waals surface area contributed by atoms with Gasteiger partial charge >= 0.3 is 0 Å². The van der Waals surface area contributed by atoms with Crippen molar-refractivity contribution in [3.8, 4) is 0 Å². The second-order valence-electron chi connectivity index (χ2n) is 7.68. The summed E-state index contributed by atoms with van der Waals surface area (Å²) in [5.74, 6) is 0.0950. The minimum atomic E-state index is -0.265. The molecule has 1 saturated heterocycles. The van der Waals surface area contributed by atoms with Crippen molar-refractivity contribution < 1.29 is 9.90 Å². The highest BCUT2D eigenvalue weighted by atomic mass is 35.5. The molecule has 0 spiro atoms. The van der Waals surface area contributed by atoms with Crippen LogP contribution in [0, 0.1) is 0 Å². The smallest absolute Gasteiger partial charge is 0.227 e. The molecule has 4 rings (SSSR count). The second-order valence-corrected chi connectivity index (χ2v) is 8.49. The zero-order valence-corrected chi connectivity index (χ0v) is 17.2. The maximum atomic E-state index is 13.2. The van der Waals surface area contributed by atoms with E-state index in [2.05, 4.69) is 23.1 Å². The van der Waals surface area contributed by atoms with E-state index >= 15 is 0 Å². The van der Waals surface area contributed by atoms with E-state index < -0.39 is 0 Å². The lowest BCUT2D eigenvalue weighted by Crippen LogP contribution is -2.45. The van der Waals surface area contributed by atoms with E-state index in [1.165, 1.54) is 11.1 Å². The van der Waals surface area contributed by atoms with Crippen LogP contribution in [0.4, 0.5) is 0 Å². The van der Waals surface area contributed by atoms with Gasteiger partial charge in [0.15, 0.2) is 0 Å². The Kier molecular flexibility index (Phi) is 5.93. The Morgan fingerprint density at radius 2 is 1.93 bits per heavy atom. The van der Waals surface area contributed by atoms with Crippen molar-refractivity contribution in [2.24, 2.45) is 0 Å². The van der Waals surface area contributed by atoms with Crippen LogP contribution in [0.25, 0.3) is 0 Å². The first-order chi connectivity index (χ1) is 13.5. The molecule has 28 heavy (non-hydrogen) atoms. The summed E-state index contributed by atoms with van der Waals surface area (Å²) in [7, 11) is 0. The molecule has 2 heterocycles. The van der Waals surface area contributed by atoms with Gasteiger partial charge in [-0.1, -0.05) is 53.5 Å². The minimum Gasteiger partial charge on any atom is -0.392 e. The van der Waals surface area contributed by atoms with Crippen LogP contribution in [0.5, 0.6) is 0 Å². The Morgan fingerprint density at radius 3 is 2.68 bits per heavy atom. The monoisotopic (exact) mass is 418 g/mol. The second kappa shape index (κ2) is 8.42. The van der Waals surface area contributed by atoms with Gasteiger partial charge in [-0.05, 0) is 41.7 Å². The van der Waals surface area contributed by atoms with Crippen molar-refractivity contribution in [1.29, 1.82) is 0 Å². The molecule has 0 radical (unpaired) electrons. The zero-order chi connectivity index (χ0) is 19.7. The van der Waals surface area contributed by atoms with Crippen LogP contribution in [0.2, 0.25) is 10.0 Å². The molecule has 1 amide bonds. The number of aliphatic hydroxyl groups excluding tert-OH is 1. The molecule has 2 aromatic rings. The van der Waals surface area contributed by atoms with Crippen molar-refractivity contribution in [3.63, 3.8) is 0 Å². The van der Waals surface area contributed by atoms with Crippen molar-refractivity contribution in [2.45, 2.75) is 31.4 Å². The number of carbonyl (C=O) groups is 1. The third kappa shape index (κ3) is 4.20. The highest BCUT2D eigenvalue weighted by Crippen LogP contribution is 2.32. The number of carbonyl (C=O) groups excluding carboxylic acids is 1. The van der Waals surface area contributed by atoms with Crippen LogP contribution in [-0.4, -0.2) is 53.1 Å². The predicted molar refractivity (Wildman–Crippen MR) is 112 cm³/mol. The zero-order valence-electron chi connectivity index (χ0n) is 15.7. The predicted octanol–water partition coefficient (Wildman–Crippen LogP) is 3.73. The first-order valence-corrected chi connectivity index (χ1v) is 10.5. The molecule has 2 atom stereocenters. The van der Waals surface area contributed by atoms with E-state index in [1.54, 1.807) is 12.1 Å². The lowest BCUT2D eigenvalue weighted by atomic mass is 9.91. The number of halogens is 2. The van der Waals surface area contributed by atoms with Crippen molar-refractivity contribution >= 4 is 29.1 Å². The minimum absolute atomic E-state index is 0.00511. The Bertz CT molecular complexity index is 873. The fourth-order valence-electron chi connectivity index (χ4n) is 4.30. The van der Waals surface area contributed by atoms with Gasteiger partial charge < -0.3 is 10.0 Å². The number of nitrogens with zero attached hydrogens (tertiary/aromatic N) is 2. The van der Waals surface area contributed by atoms with E-state index in [0.717, 1.165) is 31.5 Å². The first-order valence-electron chi connectivity index (χ1n) is 9.73. The van der Waals surface area contributed by atoms with Gasteiger partial charge in [-0.25, -0.2) is 0 Å². The molecule has 4 nitrogen and oxygen atoms in total. The van der Waals surface area contributed by atoms with Crippen LogP contribution in [0.1, 0.15) is 29.2 Å². The standard InChI is InChI=1S/C22H24Cl2N2O2/c23-19-6-5-15(11-20(19)24)12-22(28)26-10-7-16-3-1-2-4-18(16)21(26)14-25-9-8-17(27)13-25/h1-6,11,17,21,27H,7-10,12-14H2. The summed E-state index contributed by atoms with van der Waals surface area (Å²) in [4.78, 5) is 17.5. The Balaban J connectivity index is 1.56. The Morgan fingerprint density at radius 1 is 1.11 bits per heavy atom. The number of benzene rings is 2. The van der Waals surface area contributed by atoms with Gasteiger partial charge in [0.1, 0.15) is 0 Å². The molecule has 0 aliphatic carbocycles. The molecule has 6 heteroatoms. The highest BCUT2D eigenvalue weighted by molar-refractivity contribution is 6.42. The van der Waals surface area contributed by atoms with E-state index in [1.807, 2.05) is 17.0 Å². The summed E-state index contributed by atoms with van der Waals surface area (Å²) in [5, 5.41) is 10.9. The maximum absolute atomic E-state index is 13.2. The average molecular weight is 419 g/mol. The Labute approximate surface area is 175 Å². The number of fused-ring (bicyclic) bond motifs is 1.